The Morgan fingerprint density at radius 2 is 1.71 bits per heavy atom. The molecule has 0 aromatic carbocycles. The molecule has 1 aromatic rings. The first-order chi connectivity index (χ1) is 19.9. The summed E-state index contributed by atoms with van der Waals surface area (Å²) >= 11 is 13.0. The third kappa shape index (κ3) is 8.97. The van der Waals surface area contributed by atoms with E-state index >= 15 is 0 Å². The highest BCUT2D eigenvalue weighted by molar-refractivity contribution is 6.21. The van der Waals surface area contributed by atoms with E-state index in [9.17, 15) is 19.2 Å². The maximum Gasteiger partial charge on any atom is 0.303 e. The average molecular weight is 640 g/mol. The van der Waals surface area contributed by atoms with Gasteiger partial charge in [-0.1, -0.05) is 5.21 Å². The van der Waals surface area contributed by atoms with Crippen molar-refractivity contribution in [2.24, 2.45) is 0 Å². The molecule has 0 amide bonds. The Kier molecular flexibility index (Phi) is 12.3. The lowest BCUT2D eigenvalue weighted by Gasteiger charge is -2.45. The summed E-state index contributed by atoms with van der Waals surface area (Å²) < 4.78 is 46.8. The first-order valence-electron chi connectivity index (χ1n) is 13.2. The minimum Gasteiger partial charge on any atom is -0.463 e. The smallest absolute Gasteiger partial charge is 0.303 e. The number of hydrogen-bond donors (Lipinski definition) is 0. The number of aromatic nitrogens is 3. The summed E-state index contributed by atoms with van der Waals surface area (Å²) in [4.78, 5) is 47.6. The minimum absolute atomic E-state index is 0.139. The van der Waals surface area contributed by atoms with Gasteiger partial charge in [0.25, 0.3) is 0 Å². The van der Waals surface area contributed by atoms with E-state index in [0.29, 0.717) is 12.3 Å². The van der Waals surface area contributed by atoms with Crippen LogP contribution in [0, 0.1) is 0 Å². The maximum absolute atomic E-state index is 12.1. The van der Waals surface area contributed by atoms with Crippen LogP contribution in [0.15, 0.2) is 6.20 Å². The van der Waals surface area contributed by atoms with Gasteiger partial charge in [-0.2, -0.15) is 0 Å². The lowest BCUT2D eigenvalue weighted by Crippen LogP contribution is -2.63. The summed E-state index contributed by atoms with van der Waals surface area (Å²) in [5.41, 5.74) is 0.608. The second-order valence-corrected chi connectivity index (χ2v) is 10.4. The molecule has 2 fully saturated rings. The quantitative estimate of drug-likeness (QED) is 0.171. The standard InChI is InChI=1S/C25H35Cl2N3O12/c1-6-35-10-17-8-30(29-28-17)9-18-7-20(37-14(3)32)25(12-26,41-18)42-24-23(39-16(5)34)22(38-15(4)33)21(27)19(40-24)11-36-13(2)31/h8,18-24H,6-7,9-12H2,1-5H3/t18-,19+,20-,21-,22-,23+,24+,25-/m0/s1. The number of carbonyl (C=O) groups is 4. The number of esters is 4. The van der Waals surface area contributed by atoms with Crippen molar-refractivity contribution < 1.29 is 57.1 Å². The first-order valence-corrected chi connectivity index (χ1v) is 14.2. The average Bonchev–Trinajstić information content (AvgIpc) is 3.48. The van der Waals surface area contributed by atoms with Gasteiger partial charge >= 0.3 is 23.9 Å². The molecule has 0 aliphatic carbocycles. The number of hydrogen-bond acceptors (Lipinski definition) is 14. The third-order valence-corrected chi connectivity index (χ3v) is 7.10. The maximum atomic E-state index is 12.1. The lowest BCUT2D eigenvalue weighted by atomic mass is 10.0. The second-order valence-electron chi connectivity index (χ2n) is 9.64. The molecule has 3 rings (SSSR count). The highest BCUT2D eigenvalue weighted by atomic mass is 35.5. The summed E-state index contributed by atoms with van der Waals surface area (Å²) in [6.07, 6.45) is -5.14. The van der Waals surface area contributed by atoms with E-state index < -0.39 is 71.9 Å². The topological polar surface area (TPSA) is 173 Å². The van der Waals surface area contributed by atoms with Crippen molar-refractivity contribution in [3.63, 3.8) is 0 Å². The van der Waals surface area contributed by atoms with Crippen LogP contribution in [0.2, 0.25) is 0 Å². The molecule has 15 nitrogen and oxygen atoms in total. The van der Waals surface area contributed by atoms with Crippen molar-refractivity contribution in [3.05, 3.63) is 11.9 Å². The number of alkyl halides is 2. The summed E-state index contributed by atoms with van der Waals surface area (Å²) in [5.74, 6) is -4.91. The minimum atomic E-state index is -1.82. The Bertz CT molecular complexity index is 1110. The van der Waals surface area contributed by atoms with Gasteiger partial charge in [-0.3, -0.25) is 19.2 Å². The Labute approximate surface area is 252 Å². The predicted octanol–water partition coefficient (Wildman–Crippen LogP) is 1.25. The molecular formula is C25H35Cl2N3O12. The van der Waals surface area contributed by atoms with Gasteiger partial charge in [-0.15, -0.1) is 28.3 Å². The molecule has 2 saturated heterocycles. The van der Waals surface area contributed by atoms with Crippen molar-refractivity contribution >= 4 is 47.1 Å². The Morgan fingerprint density at radius 3 is 2.31 bits per heavy atom. The van der Waals surface area contributed by atoms with Crippen LogP contribution < -0.4 is 0 Å². The summed E-state index contributed by atoms with van der Waals surface area (Å²) in [7, 11) is 0. The van der Waals surface area contributed by atoms with Crippen LogP contribution in [0.3, 0.4) is 0 Å². The molecular weight excluding hydrogens is 605 g/mol. The zero-order valence-corrected chi connectivity index (χ0v) is 25.4. The zero-order valence-electron chi connectivity index (χ0n) is 23.9. The van der Waals surface area contributed by atoms with Gasteiger partial charge in [0.2, 0.25) is 12.1 Å². The largest absolute Gasteiger partial charge is 0.463 e. The second kappa shape index (κ2) is 15.3. The van der Waals surface area contributed by atoms with Gasteiger partial charge in [-0.05, 0) is 6.92 Å². The van der Waals surface area contributed by atoms with Gasteiger partial charge in [0, 0.05) is 40.7 Å². The molecule has 42 heavy (non-hydrogen) atoms. The molecule has 0 saturated carbocycles. The van der Waals surface area contributed by atoms with Crippen LogP contribution in [0.4, 0.5) is 0 Å². The van der Waals surface area contributed by atoms with Crippen LogP contribution in [-0.4, -0.2) is 106 Å². The Morgan fingerprint density at radius 1 is 1.05 bits per heavy atom. The van der Waals surface area contributed by atoms with Crippen molar-refractivity contribution in [1.29, 1.82) is 0 Å². The van der Waals surface area contributed by atoms with Crippen molar-refractivity contribution in [3.8, 4) is 0 Å². The molecule has 0 spiro atoms. The molecule has 3 heterocycles. The lowest BCUT2D eigenvalue weighted by molar-refractivity contribution is -0.359. The fourth-order valence-corrected chi connectivity index (χ4v) is 5.19. The predicted molar refractivity (Wildman–Crippen MR) is 141 cm³/mol. The number of ether oxygens (including phenoxy) is 8. The summed E-state index contributed by atoms with van der Waals surface area (Å²) in [6, 6.07) is 0. The summed E-state index contributed by atoms with van der Waals surface area (Å²) in [5, 5.41) is 7.02. The van der Waals surface area contributed by atoms with Crippen LogP contribution in [0.25, 0.3) is 0 Å². The third-order valence-electron chi connectivity index (χ3n) is 6.20. The molecule has 0 radical (unpaired) electrons. The van der Waals surface area contributed by atoms with Crippen LogP contribution in [0.5, 0.6) is 0 Å². The molecule has 2 aliphatic heterocycles. The molecule has 1 aromatic heterocycles. The highest BCUT2D eigenvalue weighted by Gasteiger charge is 2.58. The SMILES string of the molecule is CCOCc1cn(C[C@@H]2C[C@H](OC(C)=O)[C@](CCl)(O[C@H]3O[C@H](COC(C)=O)[C@H](Cl)[C@H](OC(C)=O)[C@H]3OC(C)=O)O2)nn1. The highest BCUT2D eigenvalue weighted by Crippen LogP contribution is 2.40. The van der Waals surface area contributed by atoms with E-state index in [-0.39, 0.29) is 32.1 Å². The van der Waals surface area contributed by atoms with E-state index in [2.05, 4.69) is 10.3 Å². The molecule has 0 N–H and O–H groups in total. The van der Waals surface area contributed by atoms with Gasteiger partial charge in [-0.25, -0.2) is 4.68 Å². The molecule has 0 bridgehead atoms. The van der Waals surface area contributed by atoms with Crippen molar-refractivity contribution in [2.75, 3.05) is 19.1 Å². The van der Waals surface area contributed by atoms with Crippen LogP contribution in [-0.2, 0) is 70.2 Å². The van der Waals surface area contributed by atoms with E-state index in [0.717, 1.165) is 13.8 Å². The summed E-state index contributed by atoms with van der Waals surface area (Å²) in [6.45, 7) is 7.19. The molecule has 2 aliphatic rings. The Balaban J connectivity index is 1.91. The molecule has 17 heteroatoms. The van der Waals surface area contributed by atoms with Crippen molar-refractivity contribution in [2.45, 2.75) is 102 Å². The number of nitrogens with zero attached hydrogens (tertiary/aromatic N) is 3. The molecule has 236 valence electrons. The zero-order chi connectivity index (χ0) is 31.0. The van der Waals surface area contributed by atoms with Crippen LogP contribution in [0.1, 0.15) is 46.7 Å². The van der Waals surface area contributed by atoms with E-state index in [1.54, 1.807) is 6.20 Å². The number of carbonyl (C=O) groups excluding carboxylic acids is 4. The van der Waals surface area contributed by atoms with E-state index in [1.807, 2.05) is 6.92 Å². The normalized spacial score (nSPS) is 30.9. The number of rotatable bonds is 13. The Hall–Kier alpha value is -2.56. The monoisotopic (exact) mass is 639 g/mol. The van der Waals surface area contributed by atoms with Crippen molar-refractivity contribution in [1.82, 2.24) is 15.0 Å². The number of halogens is 2. The van der Waals surface area contributed by atoms with Gasteiger partial charge in [0.05, 0.1) is 31.3 Å². The molecule has 8 atom stereocenters. The first kappa shape index (κ1) is 33.9. The van der Waals surface area contributed by atoms with Crippen LogP contribution >= 0.6 is 23.2 Å². The fraction of sp³-hybridized carbons (Fsp3) is 0.760. The van der Waals surface area contributed by atoms with Gasteiger partial charge in [0.15, 0.2) is 18.3 Å². The van der Waals surface area contributed by atoms with E-state index in [1.165, 1.54) is 18.5 Å². The molecule has 0 unspecified atom stereocenters. The van der Waals surface area contributed by atoms with Gasteiger partial charge in [0.1, 0.15) is 23.8 Å². The van der Waals surface area contributed by atoms with Gasteiger partial charge < -0.3 is 37.9 Å². The fourth-order valence-electron chi connectivity index (χ4n) is 4.57. The van der Waals surface area contributed by atoms with E-state index in [4.69, 9.17) is 61.1 Å².